The van der Waals surface area contributed by atoms with Gasteiger partial charge in [-0.1, -0.05) is 18.2 Å². The zero-order valence-corrected chi connectivity index (χ0v) is 21.5. The number of nitrogens with zero attached hydrogens (tertiary/aromatic N) is 1. The predicted octanol–water partition coefficient (Wildman–Crippen LogP) is 4.64. The number of benzene rings is 3. The van der Waals surface area contributed by atoms with Crippen molar-refractivity contribution in [3.05, 3.63) is 82.9 Å². The van der Waals surface area contributed by atoms with Crippen LogP contribution >= 0.6 is 0 Å². The summed E-state index contributed by atoms with van der Waals surface area (Å²) in [5, 5.41) is 3.23. The number of methoxy groups -OCH3 is 4. The molecule has 0 fully saturated rings. The Balaban J connectivity index is 1.66. The lowest BCUT2D eigenvalue weighted by Crippen LogP contribution is -2.47. The molecule has 3 aromatic carbocycles. The summed E-state index contributed by atoms with van der Waals surface area (Å²) in [5.41, 5.74) is 4.07. The first kappa shape index (κ1) is 25.4. The smallest absolute Gasteiger partial charge is 0.251 e. The maximum absolute atomic E-state index is 13.2. The fourth-order valence-corrected chi connectivity index (χ4v) is 4.89. The monoisotopic (exact) mass is 490 g/mol. The van der Waals surface area contributed by atoms with Crippen molar-refractivity contribution in [3.63, 3.8) is 0 Å². The molecule has 7 nitrogen and oxygen atoms in total. The highest BCUT2D eigenvalue weighted by Gasteiger charge is 2.34. The lowest BCUT2D eigenvalue weighted by molar-refractivity contribution is 0.0877. The molecule has 190 valence electrons. The number of fused-ring (bicyclic) bond motifs is 1. The summed E-state index contributed by atoms with van der Waals surface area (Å²) in [6.07, 6.45) is 0.874. The predicted molar refractivity (Wildman–Crippen MR) is 139 cm³/mol. The van der Waals surface area contributed by atoms with Crippen LogP contribution in [-0.4, -0.2) is 51.8 Å². The molecular weight excluding hydrogens is 456 g/mol. The average Bonchev–Trinajstić information content (AvgIpc) is 2.92. The van der Waals surface area contributed by atoms with Crippen LogP contribution in [0, 0.1) is 0 Å². The molecule has 0 aromatic heterocycles. The molecule has 1 aliphatic rings. The Kier molecular flexibility index (Phi) is 8.00. The number of rotatable bonds is 9. The first-order valence-corrected chi connectivity index (χ1v) is 12.0. The molecule has 1 amide bonds. The Hall–Kier alpha value is -3.71. The van der Waals surface area contributed by atoms with Gasteiger partial charge in [0.1, 0.15) is 11.5 Å². The van der Waals surface area contributed by atoms with Crippen LogP contribution in [0.1, 0.15) is 40.0 Å². The number of ether oxygens (including phenoxy) is 4. The zero-order valence-electron chi connectivity index (χ0n) is 21.5. The molecule has 0 aliphatic carbocycles. The van der Waals surface area contributed by atoms with Crippen molar-refractivity contribution < 1.29 is 23.7 Å². The third-order valence-electron chi connectivity index (χ3n) is 6.73. The molecule has 4 rings (SSSR count). The molecule has 3 aromatic rings. The minimum Gasteiger partial charge on any atom is -0.497 e. The van der Waals surface area contributed by atoms with Crippen molar-refractivity contribution in [3.8, 4) is 23.0 Å². The van der Waals surface area contributed by atoms with Gasteiger partial charge in [0.2, 0.25) is 0 Å². The number of carbonyl (C=O) groups excluding carboxylic acids is 1. The van der Waals surface area contributed by atoms with E-state index in [1.165, 1.54) is 11.1 Å². The van der Waals surface area contributed by atoms with Crippen LogP contribution in [0.4, 0.5) is 0 Å². The van der Waals surface area contributed by atoms with Gasteiger partial charge in [0, 0.05) is 24.7 Å². The maximum atomic E-state index is 13.2. The van der Waals surface area contributed by atoms with Crippen molar-refractivity contribution >= 4 is 5.91 Å². The first-order chi connectivity index (χ1) is 17.5. The number of nitrogens with one attached hydrogen (secondary N) is 1. The van der Waals surface area contributed by atoms with Crippen LogP contribution in [0.5, 0.6) is 23.0 Å². The first-order valence-electron chi connectivity index (χ1n) is 12.0. The third kappa shape index (κ3) is 5.41. The number of hydrogen-bond donors (Lipinski definition) is 1. The molecule has 36 heavy (non-hydrogen) atoms. The second-order valence-electron chi connectivity index (χ2n) is 8.91. The quantitative estimate of drug-likeness (QED) is 0.471. The number of carbonyl (C=O) groups is 1. The van der Waals surface area contributed by atoms with E-state index in [4.69, 9.17) is 18.9 Å². The van der Waals surface area contributed by atoms with Gasteiger partial charge in [-0.15, -0.1) is 0 Å². The molecule has 0 spiro atoms. The molecule has 0 radical (unpaired) electrons. The molecule has 0 saturated carbocycles. The number of hydrogen-bond acceptors (Lipinski definition) is 6. The van der Waals surface area contributed by atoms with Crippen LogP contribution in [0.2, 0.25) is 0 Å². The van der Waals surface area contributed by atoms with Gasteiger partial charge in [0.25, 0.3) is 5.91 Å². The Morgan fingerprint density at radius 2 is 1.61 bits per heavy atom. The van der Waals surface area contributed by atoms with Gasteiger partial charge in [0.05, 0.1) is 34.5 Å². The Morgan fingerprint density at radius 1 is 0.917 bits per heavy atom. The van der Waals surface area contributed by atoms with Crippen LogP contribution in [-0.2, 0) is 13.0 Å². The molecule has 0 saturated heterocycles. The van der Waals surface area contributed by atoms with Crippen molar-refractivity contribution in [2.45, 2.75) is 32.0 Å². The summed E-state index contributed by atoms with van der Waals surface area (Å²) in [6.45, 7) is 3.63. The highest BCUT2D eigenvalue weighted by atomic mass is 16.5. The largest absolute Gasteiger partial charge is 0.497 e. The van der Waals surface area contributed by atoms with E-state index in [0.29, 0.717) is 22.8 Å². The van der Waals surface area contributed by atoms with Crippen molar-refractivity contribution in [2.24, 2.45) is 0 Å². The van der Waals surface area contributed by atoms with E-state index in [1.807, 2.05) is 30.3 Å². The Bertz CT molecular complexity index is 1190. The van der Waals surface area contributed by atoms with Gasteiger partial charge in [0.15, 0.2) is 11.5 Å². The minimum atomic E-state index is -0.181. The highest BCUT2D eigenvalue weighted by Crippen LogP contribution is 2.40. The Labute approximate surface area is 212 Å². The molecular formula is C29H34N2O5. The van der Waals surface area contributed by atoms with Gasteiger partial charge in [-0.25, -0.2) is 0 Å². The molecule has 0 bridgehead atoms. The van der Waals surface area contributed by atoms with Crippen LogP contribution in [0.15, 0.2) is 60.7 Å². The summed E-state index contributed by atoms with van der Waals surface area (Å²) in [5.74, 6) is 2.73. The maximum Gasteiger partial charge on any atom is 0.251 e. The average molecular weight is 491 g/mol. The van der Waals surface area contributed by atoms with E-state index in [2.05, 4.69) is 35.3 Å². The fourth-order valence-electron chi connectivity index (χ4n) is 4.89. The molecule has 1 N–H and O–H groups in total. The van der Waals surface area contributed by atoms with E-state index in [9.17, 15) is 4.79 Å². The number of amides is 1. The summed E-state index contributed by atoms with van der Waals surface area (Å²) < 4.78 is 21.8. The molecule has 7 heteroatoms. The summed E-state index contributed by atoms with van der Waals surface area (Å²) in [7, 11) is 6.56. The van der Waals surface area contributed by atoms with E-state index < -0.39 is 0 Å². The van der Waals surface area contributed by atoms with E-state index in [0.717, 1.165) is 30.8 Å². The summed E-state index contributed by atoms with van der Waals surface area (Å²) in [4.78, 5) is 15.6. The second-order valence-corrected chi connectivity index (χ2v) is 8.91. The standard InChI is InChI=1S/C29H34N2O5/c1-19(30-29(32)22-7-6-8-24(15-22)34-3)28-25-17-27(36-5)26(35-4)16-21(25)13-14-31(28)18-20-9-11-23(33-2)12-10-20/h6-12,15-17,19,28H,13-14,18H2,1-5H3,(H,30,32)/t19-,28+/m1/s1. The van der Waals surface area contributed by atoms with Crippen LogP contribution in [0.25, 0.3) is 0 Å². The zero-order chi connectivity index (χ0) is 25.7. The van der Waals surface area contributed by atoms with Gasteiger partial charge < -0.3 is 24.3 Å². The third-order valence-corrected chi connectivity index (χ3v) is 6.73. The SMILES string of the molecule is COc1ccc(CN2CCc3cc(OC)c(OC)cc3[C@@H]2[C@@H](C)NC(=O)c2cccc(OC)c2)cc1. The van der Waals surface area contributed by atoms with Crippen LogP contribution < -0.4 is 24.3 Å². The minimum absolute atomic E-state index is 0.0646. The van der Waals surface area contributed by atoms with E-state index >= 15 is 0 Å². The van der Waals surface area contributed by atoms with Gasteiger partial charge >= 0.3 is 0 Å². The van der Waals surface area contributed by atoms with Crippen molar-refractivity contribution in [1.82, 2.24) is 10.2 Å². The topological polar surface area (TPSA) is 69.3 Å². The van der Waals surface area contributed by atoms with E-state index in [1.54, 1.807) is 40.6 Å². The lowest BCUT2D eigenvalue weighted by Gasteiger charge is -2.41. The molecule has 0 unspecified atom stereocenters. The summed E-state index contributed by atoms with van der Waals surface area (Å²) >= 11 is 0. The highest BCUT2D eigenvalue weighted by molar-refractivity contribution is 5.94. The molecule has 2 atom stereocenters. The van der Waals surface area contributed by atoms with Crippen LogP contribution in [0.3, 0.4) is 0 Å². The van der Waals surface area contributed by atoms with Crippen molar-refractivity contribution in [1.29, 1.82) is 0 Å². The van der Waals surface area contributed by atoms with Gasteiger partial charge in [-0.05, 0) is 72.5 Å². The molecule has 1 heterocycles. The van der Waals surface area contributed by atoms with Gasteiger partial charge in [-0.2, -0.15) is 0 Å². The summed E-state index contributed by atoms with van der Waals surface area (Å²) in [6, 6.07) is 19.2. The molecule has 1 aliphatic heterocycles. The fraction of sp³-hybridized carbons (Fsp3) is 0.345. The second kappa shape index (κ2) is 11.4. The van der Waals surface area contributed by atoms with E-state index in [-0.39, 0.29) is 18.0 Å². The Morgan fingerprint density at radius 3 is 2.28 bits per heavy atom. The van der Waals surface area contributed by atoms with Gasteiger partial charge in [-0.3, -0.25) is 9.69 Å². The van der Waals surface area contributed by atoms with Crippen molar-refractivity contribution in [2.75, 3.05) is 35.0 Å². The lowest BCUT2D eigenvalue weighted by atomic mass is 9.87. The normalized spacial score (nSPS) is 16.0.